The van der Waals surface area contributed by atoms with Crippen molar-refractivity contribution >= 4 is 11.9 Å². The molecule has 0 bridgehead atoms. The Morgan fingerprint density at radius 1 is 1.06 bits per heavy atom. The summed E-state index contributed by atoms with van der Waals surface area (Å²) in [6, 6.07) is 0. The molecule has 0 N–H and O–H groups in total. The third kappa shape index (κ3) is 8.65. The predicted octanol–water partition coefficient (Wildman–Crippen LogP) is 0.0610. The number of hydrogen-bond acceptors (Lipinski definition) is 6. The second kappa shape index (κ2) is 10.0. The van der Waals surface area contributed by atoms with Crippen LogP contribution in [0.25, 0.3) is 0 Å². The summed E-state index contributed by atoms with van der Waals surface area (Å²) in [7, 11) is 2.64. The lowest BCUT2D eigenvalue weighted by Crippen LogP contribution is -2.36. The van der Waals surface area contributed by atoms with Gasteiger partial charge in [-0.15, -0.1) is 0 Å². The van der Waals surface area contributed by atoms with E-state index in [1.54, 1.807) is 4.90 Å². The van der Waals surface area contributed by atoms with E-state index < -0.39 is 0 Å². The first-order valence-electron chi connectivity index (χ1n) is 5.57. The lowest BCUT2D eigenvalue weighted by molar-refractivity contribution is -0.145. The van der Waals surface area contributed by atoms with Crippen LogP contribution in [-0.2, 0) is 23.8 Å². The fourth-order valence-corrected chi connectivity index (χ4v) is 1.24. The topological polar surface area (TPSA) is 65.1 Å². The minimum atomic E-state index is -0.370. The molecule has 6 nitrogen and oxygen atoms in total. The standard InChI is InChI=1S/C11H21NO5/c1-4-17-7-5-6-12(8-10(13)15-2)9-11(14)16-3/h4-9H2,1-3H3. The van der Waals surface area contributed by atoms with E-state index in [0.717, 1.165) is 6.42 Å². The highest BCUT2D eigenvalue weighted by atomic mass is 16.5. The maximum Gasteiger partial charge on any atom is 0.319 e. The molecule has 6 heteroatoms. The molecule has 0 aliphatic rings. The van der Waals surface area contributed by atoms with Gasteiger partial charge in [0.2, 0.25) is 0 Å². The van der Waals surface area contributed by atoms with Crippen LogP contribution in [0.15, 0.2) is 0 Å². The van der Waals surface area contributed by atoms with E-state index in [0.29, 0.717) is 19.8 Å². The molecule has 0 aromatic rings. The van der Waals surface area contributed by atoms with Crippen LogP contribution in [-0.4, -0.2) is 63.9 Å². The van der Waals surface area contributed by atoms with Crippen molar-refractivity contribution in [3.8, 4) is 0 Å². The minimum absolute atomic E-state index is 0.0811. The molecular formula is C11H21NO5. The molecule has 0 aliphatic carbocycles. The average Bonchev–Trinajstić information content (AvgIpc) is 2.33. The van der Waals surface area contributed by atoms with Gasteiger partial charge >= 0.3 is 11.9 Å². The summed E-state index contributed by atoms with van der Waals surface area (Å²) in [4.78, 5) is 23.9. The summed E-state index contributed by atoms with van der Waals surface area (Å²) in [5.74, 6) is -0.740. The summed E-state index contributed by atoms with van der Waals surface area (Å²) in [6.45, 7) is 3.93. The van der Waals surface area contributed by atoms with Crippen LogP contribution in [0.4, 0.5) is 0 Å². The van der Waals surface area contributed by atoms with E-state index in [9.17, 15) is 9.59 Å². The van der Waals surface area contributed by atoms with Gasteiger partial charge in [-0.2, -0.15) is 0 Å². The van der Waals surface area contributed by atoms with E-state index in [-0.39, 0.29) is 25.0 Å². The maximum atomic E-state index is 11.1. The quantitative estimate of drug-likeness (QED) is 0.424. The summed E-state index contributed by atoms with van der Waals surface area (Å²) < 4.78 is 14.3. The number of nitrogens with zero attached hydrogens (tertiary/aromatic N) is 1. The average molecular weight is 247 g/mol. The van der Waals surface area contributed by atoms with Crippen molar-refractivity contribution in [2.45, 2.75) is 13.3 Å². The Bertz CT molecular complexity index is 214. The number of esters is 2. The van der Waals surface area contributed by atoms with Crippen molar-refractivity contribution in [1.82, 2.24) is 4.90 Å². The molecule has 0 aromatic heterocycles. The Morgan fingerprint density at radius 2 is 1.59 bits per heavy atom. The second-order valence-corrected chi connectivity index (χ2v) is 3.41. The second-order valence-electron chi connectivity index (χ2n) is 3.41. The monoisotopic (exact) mass is 247 g/mol. The van der Waals surface area contributed by atoms with Crippen LogP contribution in [0, 0.1) is 0 Å². The Labute approximate surface area is 102 Å². The number of carbonyl (C=O) groups is 2. The summed E-state index contributed by atoms with van der Waals surface area (Å²) in [6.07, 6.45) is 0.752. The van der Waals surface area contributed by atoms with Crippen molar-refractivity contribution in [3.05, 3.63) is 0 Å². The van der Waals surface area contributed by atoms with E-state index >= 15 is 0 Å². The van der Waals surface area contributed by atoms with Crippen LogP contribution in [0.5, 0.6) is 0 Å². The molecular weight excluding hydrogens is 226 g/mol. The van der Waals surface area contributed by atoms with Crippen molar-refractivity contribution in [2.75, 3.05) is 47.1 Å². The van der Waals surface area contributed by atoms with Gasteiger partial charge in [0.15, 0.2) is 0 Å². The van der Waals surface area contributed by atoms with Crippen LogP contribution >= 0.6 is 0 Å². The van der Waals surface area contributed by atoms with Crippen molar-refractivity contribution in [3.63, 3.8) is 0 Å². The Kier molecular flexibility index (Phi) is 9.37. The zero-order valence-corrected chi connectivity index (χ0v) is 10.7. The van der Waals surface area contributed by atoms with Gasteiger partial charge in [0, 0.05) is 19.8 Å². The minimum Gasteiger partial charge on any atom is -0.468 e. The molecule has 0 radical (unpaired) electrons. The largest absolute Gasteiger partial charge is 0.468 e. The lowest BCUT2D eigenvalue weighted by Gasteiger charge is -2.19. The van der Waals surface area contributed by atoms with Crippen molar-refractivity contribution in [2.24, 2.45) is 0 Å². The zero-order valence-electron chi connectivity index (χ0n) is 10.7. The van der Waals surface area contributed by atoms with Gasteiger partial charge in [-0.3, -0.25) is 14.5 Å². The van der Waals surface area contributed by atoms with E-state index in [1.807, 2.05) is 6.92 Å². The first-order chi connectivity index (χ1) is 8.13. The highest BCUT2D eigenvalue weighted by Crippen LogP contribution is 1.95. The lowest BCUT2D eigenvalue weighted by atomic mass is 10.3. The molecule has 0 aromatic carbocycles. The van der Waals surface area contributed by atoms with Crippen LogP contribution in [0.3, 0.4) is 0 Å². The molecule has 100 valence electrons. The van der Waals surface area contributed by atoms with Crippen molar-refractivity contribution in [1.29, 1.82) is 0 Å². The SMILES string of the molecule is CCOCCCN(CC(=O)OC)CC(=O)OC. The number of methoxy groups -OCH3 is 2. The molecule has 17 heavy (non-hydrogen) atoms. The number of ether oxygens (including phenoxy) is 3. The Balaban J connectivity index is 4.01. The number of carbonyl (C=O) groups excluding carboxylic acids is 2. The van der Waals surface area contributed by atoms with Gasteiger partial charge in [-0.05, 0) is 13.3 Å². The van der Waals surface area contributed by atoms with Gasteiger partial charge in [-0.25, -0.2) is 0 Å². The first-order valence-corrected chi connectivity index (χ1v) is 5.57. The van der Waals surface area contributed by atoms with Gasteiger partial charge < -0.3 is 14.2 Å². The van der Waals surface area contributed by atoms with E-state index in [2.05, 4.69) is 9.47 Å². The molecule has 0 atom stereocenters. The fraction of sp³-hybridized carbons (Fsp3) is 0.818. The normalized spacial score (nSPS) is 10.4. The highest BCUT2D eigenvalue weighted by Gasteiger charge is 2.14. The number of rotatable bonds is 9. The predicted molar refractivity (Wildman–Crippen MR) is 61.6 cm³/mol. The van der Waals surface area contributed by atoms with Crippen LogP contribution < -0.4 is 0 Å². The smallest absolute Gasteiger partial charge is 0.319 e. The molecule has 0 aliphatic heterocycles. The summed E-state index contributed by atoms with van der Waals surface area (Å²) in [5.41, 5.74) is 0. The molecule has 0 fully saturated rings. The zero-order chi connectivity index (χ0) is 13.1. The third-order valence-corrected chi connectivity index (χ3v) is 2.13. The van der Waals surface area contributed by atoms with E-state index in [4.69, 9.17) is 4.74 Å². The van der Waals surface area contributed by atoms with Gasteiger partial charge in [0.05, 0.1) is 27.3 Å². The van der Waals surface area contributed by atoms with Crippen LogP contribution in [0.1, 0.15) is 13.3 Å². The highest BCUT2D eigenvalue weighted by molar-refractivity contribution is 5.74. The Hall–Kier alpha value is -1.14. The fourth-order valence-electron chi connectivity index (χ4n) is 1.24. The van der Waals surface area contributed by atoms with Gasteiger partial charge in [-0.1, -0.05) is 0 Å². The van der Waals surface area contributed by atoms with Gasteiger partial charge in [0.25, 0.3) is 0 Å². The van der Waals surface area contributed by atoms with Crippen molar-refractivity contribution < 1.29 is 23.8 Å². The molecule has 0 saturated carbocycles. The first kappa shape index (κ1) is 15.9. The maximum absolute atomic E-state index is 11.1. The van der Waals surface area contributed by atoms with Gasteiger partial charge in [0.1, 0.15) is 0 Å². The molecule has 0 unspecified atom stereocenters. The molecule has 0 rings (SSSR count). The number of hydrogen-bond donors (Lipinski definition) is 0. The Morgan fingerprint density at radius 3 is 2.00 bits per heavy atom. The molecule has 0 spiro atoms. The van der Waals surface area contributed by atoms with Crippen LogP contribution in [0.2, 0.25) is 0 Å². The third-order valence-electron chi connectivity index (χ3n) is 2.13. The molecule has 0 saturated heterocycles. The summed E-state index contributed by atoms with van der Waals surface area (Å²) >= 11 is 0. The molecule has 0 heterocycles. The molecule has 0 amide bonds. The van der Waals surface area contributed by atoms with E-state index in [1.165, 1.54) is 14.2 Å². The summed E-state index contributed by atoms with van der Waals surface area (Å²) in [5, 5.41) is 0.